The number of carbonyl (C=O) groups is 2. The van der Waals surface area contributed by atoms with Gasteiger partial charge in [-0.3, -0.25) is 14.0 Å². The normalized spacial score (nSPS) is 17.6. The van der Waals surface area contributed by atoms with E-state index in [0.29, 0.717) is 29.0 Å². The smallest absolute Gasteiger partial charge is 0.295 e. The third-order valence-electron chi connectivity index (χ3n) is 6.14. The third kappa shape index (κ3) is 3.61. The van der Waals surface area contributed by atoms with Crippen molar-refractivity contribution in [2.45, 2.75) is 19.4 Å². The highest BCUT2D eigenvalue weighted by molar-refractivity contribution is 6.46. The Bertz CT molecular complexity index is 1440. The number of imidazole rings is 1. The Labute approximate surface area is 196 Å². The number of fused-ring (bicyclic) bond motifs is 1. The van der Waals surface area contributed by atoms with E-state index in [-0.39, 0.29) is 23.6 Å². The Morgan fingerprint density at radius 1 is 1.00 bits per heavy atom. The van der Waals surface area contributed by atoms with Gasteiger partial charge in [-0.1, -0.05) is 48.5 Å². The van der Waals surface area contributed by atoms with E-state index in [1.807, 2.05) is 36.4 Å². The summed E-state index contributed by atoms with van der Waals surface area (Å²) in [5.74, 6) is -1.72. The number of aryl methyl sites for hydroxylation is 1. The lowest BCUT2D eigenvalue weighted by Gasteiger charge is -2.25. The van der Waals surface area contributed by atoms with Gasteiger partial charge >= 0.3 is 0 Å². The van der Waals surface area contributed by atoms with Gasteiger partial charge in [0.05, 0.1) is 17.3 Å². The van der Waals surface area contributed by atoms with Crippen LogP contribution in [0.15, 0.2) is 84.6 Å². The third-order valence-corrected chi connectivity index (χ3v) is 6.14. The minimum atomic E-state index is -0.843. The number of aromatic hydroxyl groups is 1. The number of likely N-dealkylation sites (tertiary alicyclic amines) is 1. The molecule has 7 heteroatoms. The largest absolute Gasteiger partial charge is 0.508 e. The topological polar surface area (TPSA) is 95.1 Å². The van der Waals surface area contributed by atoms with E-state index in [4.69, 9.17) is 0 Å². The molecule has 2 aromatic carbocycles. The van der Waals surface area contributed by atoms with Gasteiger partial charge in [0.25, 0.3) is 11.7 Å². The van der Waals surface area contributed by atoms with Crippen molar-refractivity contribution in [3.63, 3.8) is 0 Å². The van der Waals surface area contributed by atoms with Crippen molar-refractivity contribution in [3.8, 4) is 5.75 Å². The molecule has 34 heavy (non-hydrogen) atoms. The lowest BCUT2D eigenvalue weighted by atomic mass is 9.96. The summed E-state index contributed by atoms with van der Waals surface area (Å²) in [7, 11) is 0. The van der Waals surface area contributed by atoms with Crippen molar-refractivity contribution in [1.29, 1.82) is 0 Å². The summed E-state index contributed by atoms with van der Waals surface area (Å²) < 4.78 is 1.70. The fourth-order valence-electron chi connectivity index (χ4n) is 4.57. The number of phenolic OH excluding ortho intramolecular Hbond substituents is 1. The number of rotatable bonds is 5. The molecule has 0 saturated carbocycles. The molecule has 1 fully saturated rings. The molecule has 1 unspecified atom stereocenters. The summed E-state index contributed by atoms with van der Waals surface area (Å²) in [6, 6.07) is 20.7. The summed E-state index contributed by atoms with van der Waals surface area (Å²) in [4.78, 5) is 32.4. The standard InChI is InChI=1S/C27H23N3O4/c1-17-23(29-14-6-5-12-21(29)28-17)25(32)22-24(19-10-7-11-20(31)16-19)30(27(34)26(22)33)15-13-18-8-3-2-4-9-18/h2-12,14,16,24,31-32H,13,15H2,1H3. The predicted octanol–water partition coefficient (Wildman–Crippen LogP) is 4.01. The Morgan fingerprint density at radius 2 is 1.76 bits per heavy atom. The molecule has 1 saturated heterocycles. The van der Waals surface area contributed by atoms with E-state index in [1.54, 1.807) is 41.8 Å². The van der Waals surface area contributed by atoms with Crippen LogP contribution in [0.1, 0.15) is 28.6 Å². The maximum absolute atomic E-state index is 13.3. The number of phenols is 1. The van der Waals surface area contributed by atoms with Crippen molar-refractivity contribution >= 4 is 23.1 Å². The lowest BCUT2D eigenvalue weighted by molar-refractivity contribution is -0.139. The number of hydrogen-bond donors (Lipinski definition) is 2. The van der Waals surface area contributed by atoms with Crippen LogP contribution in [0.2, 0.25) is 0 Å². The molecule has 0 spiro atoms. The van der Waals surface area contributed by atoms with Crippen LogP contribution in [0, 0.1) is 6.92 Å². The van der Waals surface area contributed by atoms with Crippen LogP contribution in [0.5, 0.6) is 5.75 Å². The van der Waals surface area contributed by atoms with Gasteiger partial charge in [-0.25, -0.2) is 4.98 Å². The number of aromatic nitrogens is 2. The van der Waals surface area contributed by atoms with Crippen LogP contribution in [-0.2, 0) is 16.0 Å². The van der Waals surface area contributed by atoms with Crippen LogP contribution in [0.25, 0.3) is 11.4 Å². The molecule has 1 aliphatic rings. The molecule has 2 N–H and O–H groups in total. The van der Waals surface area contributed by atoms with Crippen molar-refractivity contribution in [1.82, 2.24) is 14.3 Å². The molecule has 2 aromatic heterocycles. The highest BCUT2D eigenvalue weighted by Gasteiger charge is 2.46. The van der Waals surface area contributed by atoms with E-state index in [2.05, 4.69) is 4.98 Å². The average Bonchev–Trinajstić information content (AvgIpc) is 3.31. The quantitative estimate of drug-likeness (QED) is 0.270. The first-order valence-electron chi connectivity index (χ1n) is 11.0. The molecule has 7 nitrogen and oxygen atoms in total. The molecular weight excluding hydrogens is 430 g/mol. The average molecular weight is 453 g/mol. The highest BCUT2D eigenvalue weighted by Crippen LogP contribution is 2.40. The van der Waals surface area contributed by atoms with Crippen molar-refractivity contribution in [3.05, 3.63) is 107 Å². The molecule has 4 aromatic rings. The number of aliphatic hydroxyl groups excluding tert-OH is 1. The second-order valence-electron chi connectivity index (χ2n) is 8.30. The van der Waals surface area contributed by atoms with Gasteiger partial charge in [0.1, 0.15) is 17.1 Å². The second-order valence-corrected chi connectivity index (χ2v) is 8.30. The van der Waals surface area contributed by atoms with Gasteiger partial charge in [0.2, 0.25) is 0 Å². The van der Waals surface area contributed by atoms with E-state index in [1.165, 1.54) is 17.0 Å². The minimum Gasteiger partial charge on any atom is -0.508 e. The first kappa shape index (κ1) is 21.5. The van der Waals surface area contributed by atoms with Gasteiger partial charge in [0, 0.05) is 12.7 Å². The fourth-order valence-corrected chi connectivity index (χ4v) is 4.57. The SMILES string of the molecule is Cc1nc2ccccn2c1C(O)=C1C(=O)C(=O)N(CCc2ccccc2)C1c1cccc(O)c1. The molecule has 1 atom stereocenters. The first-order valence-corrected chi connectivity index (χ1v) is 11.0. The molecule has 0 bridgehead atoms. The van der Waals surface area contributed by atoms with Gasteiger partial charge in [-0.2, -0.15) is 0 Å². The van der Waals surface area contributed by atoms with Gasteiger partial charge < -0.3 is 15.1 Å². The molecule has 1 amide bonds. The summed E-state index contributed by atoms with van der Waals surface area (Å²) in [6.07, 6.45) is 2.29. The maximum atomic E-state index is 13.3. The van der Waals surface area contributed by atoms with Gasteiger partial charge in [0.15, 0.2) is 5.76 Å². The number of hydrogen-bond acceptors (Lipinski definition) is 5. The summed E-state index contributed by atoms with van der Waals surface area (Å²) in [6.45, 7) is 2.02. The summed E-state index contributed by atoms with van der Waals surface area (Å²) in [5.41, 5.74) is 3.07. The van der Waals surface area contributed by atoms with E-state index in [0.717, 1.165) is 5.56 Å². The zero-order chi connectivity index (χ0) is 23.8. The summed E-state index contributed by atoms with van der Waals surface area (Å²) >= 11 is 0. The van der Waals surface area contributed by atoms with Crippen LogP contribution >= 0.6 is 0 Å². The molecule has 3 heterocycles. The molecule has 1 aliphatic heterocycles. The Balaban J connectivity index is 1.66. The minimum absolute atomic E-state index is 0.0112. The number of benzene rings is 2. The van der Waals surface area contributed by atoms with Gasteiger partial charge in [-0.05, 0) is 48.7 Å². The zero-order valence-corrected chi connectivity index (χ0v) is 18.5. The molecular formula is C27H23N3O4. The van der Waals surface area contributed by atoms with Crippen molar-refractivity contribution in [2.75, 3.05) is 6.54 Å². The number of ketones is 1. The van der Waals surface area contributed by atoms with E-state index < -0.39 is 17.7 Å². The van der Waals surface area contributed by atoms with Crippen LogP contribution in [-0.4, -0.2) is 42.7 Å². The Hall–Kier alpha value is -4.39. The van der Waals surface area contributed by atoms with Crippen molar-refractivity contribution in [2.24, 2.45) is 0 Å². The number of nitrogens with zero attached hydrogens (tertiary/aromatic N) is 3. The van der Waals surface area contributed by atoms with Crippen LogP contribution in [0.4, 0.5) is 0 Å². The Kier molecular flexibility index (Phi) is 5.37. The van der Waals surface area contributed by atoms with E-state index in [9.17, 15) is 19.8 Å². The monoisotopic (exact) mass is 453 g/mol. The maximum Gasteiger partial charge on any atom is 0.295 e. The number of pyridine rings is 1. The lowest BCUT2D eigenvalue weighted by Crippen LogP contribution is -2.31. The first-order chi connectivity index (χ1) is 16.5. The number of Topliss-reactive ketones (excluding diaryl/α,β-unsaturated/α-hetero) is 1. The van der Waals surface area contributed by atoms with Gasteiger partial charge in [-0.15, -0.1) is 0 Å². The highest BCUT2D eigenvalue weighted by atomic mass is 16.3. The molecule has 0 aliphatic carbocycles. The van der Waals surface area contributed by atoms with Crippen molar-refractivity contribution < 1.29 is 19.8 Å². The molecule has 5 rings (SSSR count). The predicted molar refractivity (Wildman–Crippen MR) is 127 cm³/mol. The number of carbonyl (C=O) groups excluding carboxylic acids is 2. The molecule has 170 valence electrons. The molecule has 0 radical (unpaired) electrons. The Morgan fingerprint density at radius 3 is 2.53 bits per heavy atom. The fraction of sp³-hybridized carbons (Fsp3) is 0.148. The zero-order valence-electron chi connectivity index (χ0n) is 18.5. The van der Waals surface area contributed by atoms with E-state index >= 15 is 0 Å². The number of aliphatic hydroxyl groups is 1. The second kappa shape index (κ2) is 8.51. The van der Waals surface area contributed by atoms with Crippen LogP contribution in [0.3, 0.4) is 0 Å². The summed E-state index contributed by atoms with van der Waals surface area (Å²) in [5, 5.41) is 21.5. The number of amides is 1. The van der Waals surface area contributed by atoms with Crippen LogP contribution < -0.4 is 0 Å².